The molecule has 3 rings (SSSR count). The molecular formula is C11H9NS. The van der Waals surface area contributed by atoms with Crippen molar-refractivity contribution in [2.24, 2.45) is 0 Å². The quantitative estimate of drug-likeness (QED) is 0.636. The second kappa shape index (κ2) is 2.74. The van der Waals surface area contributed by atoms with E-state index in [1.54, 1.807) is 0 Å². The van der Waals surface area contributed by atoms with Gasteiger partial charge in [-0.05, 0) is 11.5 Å². The minimum Gasteiger partial charge on any atom is -0.259 e. The van der Waals surface area contributed by atoms with Crippen LogP contribution in [0.5, 0.6) is 0 Å². The van der Waals surface area contributed by atoms with Crippen LogP contribution in [0.15, 0.2) is 36.5 Å². The van der Waals surface area contributed by atoms with Gasteiger partial charge in [0.1, 0.15) is 0 Å². The highest BCUT2D eigenvalue weighted by Gasteiger charge is 2.27. The fourth-order valence-electron chi connectivity index (χ4n) is 1.61. The average Bonchev–Trinajstić information content (AvgIpc) is 3.00. The summed E-state index contributed by atoms with van der Waals surface area (Å²) < 4.78 is 0. The summed E-state index contributed by atoms with van der Waals surface area (Å²) in [4.78, 5) is 4.45. The molecular weight excluding hydrogens is 178 g/mol. The molecule has 13 heavy (non-hydrogen) atoms. The van der Waals surface area contributed by atoms with Crippen LogP contribution in [0.1, 0.15) is 10.9 Å². The minimum atomic E-state index is 0.658. The minimum absolute atomic E-state index is 0.658. The van der Waals surface area contributed by atoms with Crippen molar-refractivity contribution < 1.29 is 0 Å². The van der Waals surface area contributed by atoms with Crippen LogP contribution >= 0.6 is 11.8 Å². The van der Waals surface area contributed by atoms with E-state index in [1.807, 2.05) is 18.0 Å². The molecule has 1 aromatic carbocycles. The van der Waals surface area contributed by atoms with Crippen LogP contribution in [0.3, 0.4) is 0 Å². The van der Waals surface area contributed by atoms with Crippen LogP contribution in [0.4, 0.5) is 0 Å². The lowest BCUT2D eigenvalue weighted by Gasteiger charge is -2.01. The normalized spacial score (nSPS) is 20.5. The summed E-state index contributed by atoms with van der Waals surface area (Å²) in [5.41, 5.74) is 1.27. The Hall–Kier alpha value is -1.02. The van der Waals surface area contributed by atoms with E-state index in [1.165, 1.54) is 22.2 Å². The molecule has 2 aromatic rings. The number of pyridine rings is 1. The average molecular weight is 187 g/mol. The Morgan fingerprint density at radius 3 is 2.92 bits per heavy atom. The number of thioether (sulfide) groups is 1. The molecule has 0 radical (unpaired) electrons. The molecule has 1 atom stereocenters. The van der Waals surface area contributed by atoms with E-state index >= 15 is 0 Å². The third-order valence-corrected chi connectivity index (χ3v) is 3.23. The number of fused-ring (bicyclic) bond motifs is 1. The lowest BCUT2D eigenvalue weighted by molar-refractivity contribution is 1.12. The molecule has 1 nitrogen and oxygen atoms in total. The summed E-state index contributed by atoms with van der Waals surface area (Å²) in [5.74, 6) is 1.24. The molecule has 64 valence electrons. The van der Waals surface area contributed by atoms with Crippen molar-refractivity contribution in [3.63, 3.8) is 0 Å². The largest absolute Gasteiger partial charge is 0.259 e. The van der Waals surface area contributed by atoms with E-state index in [9.17, 15) is 0 Å². The topological polar surface area (TPSA) is 12.9 Å². The van der Waals surface area contributed by atoms with E-state index in [0.717, 1.165) is 0 Å². The number of aromatic nitrogens is 1. The fraction of sp³-hybridized carbons (Fsp3) is 0.182. The third kappa shape index (κ3) is 1.22. The van der Waals surface area contributed by atoms with Gasteiger partial charge in [-0.1, -0.05) is 24.3 Å². The summed E-state index contributed by atoms with van der Waals surface area (Å²) in [6.45, 7) is 0. The van der Waals surface area contributed by atoms with Gasteiger partial charge in [0.25, 0.3) is 0 Å². The molecule has 0 saturated carbocycles. The van der Waals surface area contributed by atoms with Gasteiger partial charge in [0.2, 0.25) is 0 Å². The maximum Gasteiger partial charge on any atom is 0.0620 e. The molecule has 1 unspecified atom stereocenters. The molecule has 1 aromatic heterocycles. The van der Waals surface area contributed by atoms with Crippen LogP contribution in [0.25, 0.3) is 10.8 Å². The van der Waals surface area contributed by atoms with Crippen LogP contribution in [-0.2, 0) is 0 Å². The van der Waals surface area contributed by atoms with Gasteiger partial charge in [-0.15, -0.1) is 11.8 Å². The summed E-state index contributed by atoms with van der Waals surface area (Å²) in [5, 5.41) is 3.28. The SMILES string of the molecule is c1ccc2c(C3CS3)nccc2c1. The Bertz CT molecular complexity index is 443. The van der Waals surface area contributed by atoms with Crippen LogP contribution in [0.2, 0.25) is 0 Å². The first-order valence-electron chi connectivity index (χ1n) is 4.40. The predicted octanol–water partition coefficient (Wildman–Crippen LogP) is 3.02. The molecule has 0 amide bonds. The zero-order valence-corrected chi connectivity index (χ0v) is 7.92. The molecule has 1 aliphatic heterocycles. The third-order valence-electron chi connectivity index (χ3n) is 2.34. The Morgan fingerprint density at radius 1 is 1.23 bits per heavy atom. The smallest absolute Gasteiger partial charge is 0.0620 e. The molecule has 0 aliphatic carbocycles. The highest BCUT2D eigenvalue weighted by molar-refractivity contribution is 8.06. The Kier molecular flexibility index (Phi) is 1.56. The Labute approximate surface area is 81.2 Å². The van der Waals surface area contributed by atoms with Crippen LogP contribution in [-0.4, -0.2) is 10.7 Å². The number of hydrogen-bond acceptors (Lipinski definition) is 2. The lowest BCUT2D eigenvalue weighted by atomic mass is 10.1. The number of rotatable bonds is 1. The van der Waals surface area contributed by atoms with Crippen LogP contribution < -0.4 is 0 Å². The zero-order chi connectivity index (χ0) is 8.67. The van der Waals surface area contributed by atoms with Crippen molar-refractivity contribution >= 4 is 22.5 Å². The summed E-state index contributed by atoms with van der Waals surface area (Å²) >= 11 is 1.97. The molecule has 1 aliphatic rings. The molecule has 2 heteroatoms. The number of hydrogen-bond donors (Lipinski definition) is 0. The van der Waals surface area contributed by atoms with Gasteiger partial charge in [-0.25, -0.2) is 0 Å². The van der Waals surface area contributed by atoms with Crippen LogP contribution in [0, 0.1) is 0 Å². The number of nitrogens with zero attached hydrogens (tertiary/aromatic N) is 1. The van der Waals surface area contributed by atoms with E-state index in [-0.39, 0.29) is 0 Å². The fourth-order valence-corrected chi connectivity index (χ4v) is 2.21. The van der Waals surface area contributed by atoms with Crippen molar-refractivity contribution in [2.75, 3.05) is 5.75 Å². The summed E-state index contributed by atoms with van der Waals surface area (Å²) in [6.07, 6.45) is 1.91. The number of benzene rings is 1. The van der Waals surface area contributed by atoms with Crippen molar-refractivity contribution in [3.05, 3.63) is 42.2 Å². The molecule has 1 saturated heterocycles. The second-order valence-electron chi connectivity index (χ2n) is 3.24. The summed E-state index contributed by atoms with van der Waals surface area (Å²) in [7, 11) is 0. The highest BCUT2D eigenvalue weighted by Crippen LogP contribution is 2.47. The van der Waals surface area contributed by atoms with Crippen molar-refractivity contribution in [1.29, 1.82) is 0 Å². The van der Waals surface area contributed by atoms with E-state index in [0.29, 0.717) is 5.25 Å². The highest BCUT2D eigenvalue weighted by atomic mass is 32.2. The van der Waals surface area contributed by atoms with E-state index in [4.69, 9.17) is 0 Å². The first kappa shape index (κ1) is 7.39. The van der Waals surface area contributed by atoms with Gasteiger partial charge in [0.15, 0.2) is 0 Å². The maximum absolute atomic E-state index is 4.45. The molecule has 2 heterocycles. The van der Waals surface area contributed by atoms with Gasteiger partial charge < -0.3 is 0 Å². The molecule has 0 bridgehead atoms. The maximum atomic E-state index is 4.45. The van der Waals surface area contributed by atoms with Crippen molar-refractivity contribution in [1.82, 2.24) is 4.98 Å². The Morgan fingerprint density at radius 2 is 2.08 bits per heavy atom. The molecule has 1 fully saturated rings. The standard InChI is InChI=1S/C11H9NS/c1-2-4-9-8(3-1)5-6-12-11(9)10-7-13-10/h1-6,10H,7H2. The van der Waals surface area contributed by atoms with Crippen molar-refractivity contribution in [3.8, 4) is 0 Å². The predicted molar refractivity (Wildman–Crippen MR) is 56.9 cm³/mol. The van der Waals surface area contributed by atoms with Gasteiger partial charge >= 0.3 is 0 Å². The lowest BCUT2D eigenvalue weighted by Crippen LogP contribution is -1.87. The van der Waals surface area contributed by atoms with E-state index in [2.05, 4.69) is 35.3 Å². The Balaban J connectivity index is 2.32. The van der Waals surface area contributed by atoms with Gasteiger partial charge in [0.05, 0.1) is 10.9 Å². The van der Waals surface area contributed by atoms with Gasteiger partial charge in [-0.3, -0.25) is 4.98 Å². The van der Waals surface area contributed by atoms with Gasteiger partial charge in [0, 0.05) is 17.3 Å². The monoisotopic (exact) mass is 187 g/mol. The van der Waals surface area contributed by atoms with E-state index < -0.39 is 0 Å². The molecule has 0 spiro atoms. The molecule has 0 N–H and O–H groups in total. The first-order chi connectivity index (χ1) is 6.45. The van der Waals surface area contributed by atoms with Gasteiger partial charge in [-0.2, -0.15) is 0 Å². The summed E-state index contributed by atoms with van der Waals surface area (Å²) in [6, 6.07) is 10.5. The van der Waals surface area contributed by atoms with Crippen molar-refractivity contribution in [2.45, 2.75) is 5.25 Å². The first-order valence-corrected chi connectivity index (χ1v) is 5.45. The zero-order valence-electron chi connectivity index (χ0n) is 7.10. The second-order valence-corrected chi connectivity index (χ2v) is 4.48.